The second-order valence-corrected chi connectivity index (χ2v) is 19.1. The number of likely N-dealkylation sites (N-methyl/N-ethyl adjacent to an activating group) is 1. The van der Waals surface area contributed by atoms with Gasteiger partial charge in [0, 0.05) is 30.3 Å². The Balaban J connectivity index is 1.65. The van der Waals surface area contributed by atoms with Gasteiger partial charge in [0.1, 0.15) is 29.7 Å². The number of rotatable bonds is 7. The van der Waals surface area contributed by atoms with Gasteiger partial charge in [0.2, 0.25) is 10.0 Å². The summed E-state index contributed by atoms with van der Waals surface area (Å²) in [7, 11) is -0.961. The van der Waals surface area contributed by atoms with Gasteiger partial charge in [0.05, 0.1) is 41.7 Å². The zero-order valence-electron chi connectivity index (χ0n) is 35.7. The van der Waals surface area contributed by atoms with E-state index in [0.29, 0.717) is 18.6 Å². The molecule has 4 heterocycles. The van der Waals surface area contributed by atoms with Crippen LogP contribution in [0.25, 0.3) is 0 Å². The van der Waals surface area contributed by atoms with Crippen molar-refractivity contribution in [2.75, 3.05) is 27.2 Å². The summed E-state index contributed by atoms with van der Waals surface area (Å²) < 4.78 is 94.9. The van der Waals surface area contributed by atoms with Crippen molar-refractivity contribution in [3.8, 4) is 0 Å². The van der Waals surface area contributed by atoms with E-state index < -0.39 is 148 Å². The van der Waals surface area contributed by atoms with E-state index in [1.807, 2.05) is 11.8 Å². The van der Waals surface area contributed by atoms with E-state index in [9.17, 15) is 41.5 Å². The highest BCUT2D eigenvalue weighted by Gasteiger charge is 2.58. The molecule has 0 radical (unpaired) electrons. The summed E-state index contributed by atoms with van der Waals surface area (Å²) in [6.45, 7) is 12.2. The number of ketones is 1. The van der Waals surface area contributed by atoms with Crippen molar-refractivity contribution >= 4 is 34.0 Å². The molecule has 4 saturated heterocycles. The van der Waals surface area contributed by atoms with Crippen LogP contribution in [0.4, 0.5) is 18.4 Å². The molecule has 5 rings (SSSR count). The molecule has 1 unspecified atom stereocenters. The predicted molar refractivity (Wildman–Crippen MR) is 209 cm³/mol. The van der Waals surface area contributed by atoms with E-state index >= 15 is 0 Å². The van der Waals surface area contributed by atoms with Crippen LogP contribution >= 0.6 is 0 Å². The minimum Gasteiger partial charge on any atom is -0.458 e. The number of hydrogen-bond acceptors (Lipinski definition) is 14. The van der Waals surface area contributed by atoms with Crippen molar-refractivity contribution in [3.05, 3.63) is 29.8 Å². The largest absolute Gasteiger partial charge is 0.458 e. The van der Waals surface area contributed by atoms with Gasteiger partial charge in [-0.05, 0) is 79.3 Å². The van der Waals surface area contributed by atoms with Crippen LogP contribution in [0.2, 0.25) is 0 Å². The molecule has 0 saturated carbocycles. The number of carbonyl (C=O) groups excluding carboxylic acids is 4. The predicted octanol–water partition coefficient (Wildman–Crippen LogP) is 3.01. The molecule has 4 N–H and O–H groups in total. The summed E-state index contributed by atoms with van der Waals surface area (Å²) in [5.41, 5.74) is -3.26. The zero-order valence-corrected chi connectivity index (χ0v) is 36.5. The maximum Gasteiger partial charge on any atom is 0.408 e. The Morgan fingerprint density at radius 2 is 1.68 bits per heavy atom. The van der Waals surface area contributed by atoms with E-state index in [1.54, 1.807) is 55.6 Å². The topological polar surface area (TPSA) is 217 Å². The lowest BCUT2D eigenvalue weighted by molar-refractivity contribution is -0.299. The standard InChI is InChI=1S/C40H60F2N4O13S/c1-11-29-40(8)33(44-38(51)59-40)21(4)30(47)19(2)16-39(7)34(57-36-31(48)28(46(9)10)14-20(3)55-36)22(5)32(23(6)35(49)56-29)54-18-24(17-43-37(50)58-39)45-60(52,53)25-12-13-26(41)27(42)15-25/h12-13,15,19-24,28-29,31-34,36,45,48H,11,14,16-18H2,1-10H3,(H,43,50)(H,44,51)/t19-,20-,21+,22+,23-,24?,28+,29-,31-,32+,33+,34-,36+,39-,40-/m1/s1. The molecule has 0 aliphatic carbocycles. The first-order valence-corrected chi connectivity index (χ1v) is 21.9. The van der Waals surface area contributed by atoms with Gasteiger partial charge in [-0.25, -0.2) is 31.5 Å². The third-order valence-electron chi connectivity index (χ3n) is 12.5. The number of hydrogen-bond donors (Lipinski definition) is 4. The van der Waals surface area contributed by atoms with E-state index in [1.165, 1.54) is 6.92 Å². The maximum atomic E-state index is 14.5. The summed E-state index contributed by atoms with van der Waals surface area (Å²) in [5.74, 6) is -7.73. The van der Waals surface area contributed by atoms with Gasteiger partial charge in [0.25, 0.3) is 0 Å². The van der Waals surface area contributed by atoms with E-state index in [-0.39, 0.29) is 18.6 Å². The molecule has 4 fully saturated rings. The Bertz CT molecular complexity index is 1880. The van der Waals surface area contributed by atoms with Crippen LogP contribution in [-0.2, 0) is 48.0 Å². The Hall–Kier alpha value is -3.53. The number of halogens is 2. The quantitative estimate of drug-likeness (QED) is 0.229. The first kappa shape index (κ1) is 47.5. The number of nitrogens with zero attached hydrogens (tertiary/aromatic N) is 1. The van der Waals surface area contributed by atoms with Gasteiger partial charge < -0.3 is 49.1 Å². The lowest BCUT2D eigenvalue weighted by Gasteiger charge is -2.48. The van der Waals surface area contributed by atoms with Crippen molar-refractivity contribution in [2.24, 2.45) is 23.7 Å². The SMILES string of the molecule is CC[C@H]1OC(=O)[C@H](C)[C@H]2OCC(NS(=O)(=O)c3ccc(F)c(F)c3)CNC(=O)O[C@](C)(C[C@@H](C)C(=O)[C@H](C)[C@@H]3NC(=O)O[C@]13C)[C@H](O[C@@H]1O[C@H](C)C[C@H](N(C)C)[C@H]1O)[C@H]2C. The number of esters is 1. The number of fused-ring (bicyclic) bond motifs is 4. The number of amides is 2. The number of nitrogens with one attached hydrogen (secondary N) is 3. The summed E-state index contributed by atoms with van der Waals surface area (Å²) in [6.07, 6.45) is -7.86. The number of benzene rings is 1. The molecular formula is C40H60F2N4O13S. The molecule has 4 aliphatic rings. The minimum atomic E-state index is -4.56. The first-order valence-electron chi connectivity index (χ1n) is 20.4. The number of sulfonamides is 1. The number of aliphatic hydroxyl groups is 1. The molecule has 20 heteroatoms. The molecule has 15 atom stereocenters. The Kier molecular flexibility index (Phi) is 14.6. The van der Waals surface area contributed by atoms with Crippen LogP contribution in [0, 0.1) is 35.3 Å². The molecular weight excluding hydrogens is 815 g/mol. The summed E-state index contributed by atoms with van der Waals surface area (Å²) in [5, 5.41) is 16.9. The van der Waals surface area contributed by atoms with Crippen molar-refractivity contribution in [1.82, 2.24) is 20.3 Å². The van der Waals surface area contributed by atoms with Crippen LogP contribution in [-0.4, -0.2) is 136 Å². The molecule has 338 valence electrons. The molecule has 60 heavy (non-hydrogen) atoms. The van der Waals surface area contributed by atoms with Gasteiger partial charge in [-0.3, -0.25) is 9.59 Å². The van der Waals surface area contributed by atoms with E-state index in [0.717, 1.165) is 6.07 Å². The summed E-state index contributed by atoms with van der Waals surface area (Å²) >= 11 is 0. The monoisotopic (exact) mass is 874 g/mol. The van der Waals surface area contributed by atoms with Crippen LogP contribution in [0.15, 0.2) is 23.1 Å². The van der Waals surface area contributed by atoms with Gasteiger partial charge in [0.15, 0.2) is 23.5 Å². The van der Waals surface area contributed by atoms with Gasteiger partial charge in [-0.1, -0.05) is 27.7 Å². The lowest BCUT2D eigenvalue weighted by Crippen LogP contribution is -2.61. The average molecular weight is 875 g/mol. The second-order valence-electron chi connectivity index (χ2n) is 17.4. The summed E-state index contributed by atoms with van der Waals surface area (Å²) in [4.78, 5) is 56.8. The number of Topliss-reactive ketones (excluding diaryl/α,β-unsaturated/α-hetero) is 1. The van der Waals surface area contributed by atoms with E-state index in [2.05, 4.69) is 15.4 Å². The first-order chi connectivity index (χ1) is 27.9. The molecule has 1 aromatic rings. The third kappa shape index (κ3) is 9.89. The number of alkyl carbamates (subject to hydrolysis) is 2. The van der Waals surface area contributed by atoms with Crippen LogP contribution in [0.3, 0.4) is 0 Å². The molecule has 1 aromatic carbocycles. The fourth-order valence-electron chi connectivity index (χ4n) is 9.27. The molecule has 2 bridgehead atoms. The highest BCUT2D eigenvalue weighted by atomic mass is 32.2. The summed E-state index contributed by atoms with van der Waals surface area (Å²) in [6, 6.07) is -0.598. The van der Waals surface area contributed by atoms with Crippen molar-refractivity contribution in [1.29, 1.82) is 0 Å². The van der Waals surface area contributed by atoms with Crippen molar-refractivity contribution in [3.63, 3.8) is 0 Å². The van der Waals surface area contributed by atoms with Crippen LogP contribution < -0.4 is 15.4 Å². The highest BCUT2D eigenvalue weighted by Crippen LogP contribution is 2.42. The van der Waals surface area contributed by atoms with Gasteiger partial charge in [-0.15, -0.1) is 0 Å². The van der Waals surface area contributed by atoms with E-state index in [4.69, 9.17) is 28.4 Å². The molecule has 0 spiro atoms. The number of carbonyl (C=O) groups is 4. The third-order valence-corrected chi connectivity index (χ3v) is 14.0. The fourth-order valence-corrected chi connectivity index (χ4v) is 10.5. The maximum absolute atomic E-state index is 14.5. The number of cyclic esters (lactones) is 1. The van der Waals surface area contributed by atoms with Gasteiger partial charge >= 0.3 is 18.2 Å². The van der Waals surface area contributed by atoms with Crippen LogP contribution in [0.5, 0.6) is 0 Å². The van der Waals surface area contributed by atoms with Crippen molar-refractivity contribution < 1.29 is 69.9 Å². The lowest BCUT2D eigenvalue weighted by atomic mass is 9.73. The number of aliphatic hydroxyl groups excluding tert-OH is 1. The van der Waals surface area contributed by atoms with Crippen molar-refractivity contribution in [2.45, 2.75) is 146 Å². The highest BCUT2D eigenvalue weighted by molar-refractivity contribution is 7.89. The minimum absolute atomic E-state index is 0.179. The normalized spacial score (nSPS) is 39.9. The zero-order chi connectivity index (χ0) is 44.6. The smallest absolute Gasteiger partial charge is 0.408 e. The molecule has 0 aromatic heterocycles. The Morgan fingerprint density at radius 1 is 1.00 bits per heavy atom. The van der Waals surface area contributed by atoms with Gasteiger partial charge in [-0.2, -0.15) is 0 Å². The van der Waals surface area contributed by atoms with Crippen LogP contribution in [0.1, 0.15) is 74.7 Å². The second kappa shape index (κ2) is 18.4. The molecule has 4 aliphatic heterocycles. The average Bonchev–Trinajstić information content (AvgIpc) is 3.48. The number of ether oxygens (including phenoxy) is 6. The molecule has 17 nitrogen and oxygen atoms in total. The Morgan fingerprint density at radius 3 is 2.32 bits per heavy atom. The Labute approximate surface area is 349 Å². The molecule has 2 amide bonds. The fraction of sp³-hybridized carbons (Fsp3) is 0.750.